The molecule has 0 radical (unpaired) electrons. The number of aryl methyl sites for hydroxylation is 1. The smallest absolute Gasteiger partial charge is 0.408 e. The number of hydrogen-bond donors (Lipinski definition) is 1. The van der Waals surface area contributed by atoms with Crippen molar-refractivity contribution < 1.29 is 14.1 Å². The minimum atomic E-state index is -0.514. The van der Waals surface area contributed by atoms with Gasteiger partial charge in [0.15, 0.2) is 5.82 Å². The van der Waals surface area contributed by atoms with Crippen molar-refractivity contribution in [2.24, 2.45) is 0 Å². The van der Waals surface area contributed by atoms with Gasteiger partial charge in [0.2, 0.25) is 5.89 Å². The maximum absolute atomic E-state index is 11.8. The molecule has 1 aromatic heterocycles. The normalized spacial score (nSPS) is 18.0. The lowest BCUT2D eigenvalue weighted by Crippen LogP contribution is -2.52. The van der Waals surface area contributed by atoms with Crippen LogP contribution in [0.5, 0.6) is 0 Å². The SMILES string of the molecule is Cc1nc(C2(NC(=O)OC(C)(C)C)CCC2)no1. The van der Waals surface area contributed by atoms with Gasteiger partial charge < -0.3 is 14.6 Å². The summed E-state index contributed by atoms with van der Waals surface area (Å²) in [6, 6.07) is 0. The van der Waals surface area contributed by atoms with Gasteiger partial charge in [0.05, 0.1) is 0 Å². The van der Waals surface area contributed by atoms with Crippen LogP contribution in [-0.2, 0) is 10.3 Å². The fourth-order valence-electron chi connectivity index (χ4n) is 1.93. The molecule has 0 aliphatic heterocycles. The van der Waals surface area contributed by atoms with Gasteiger partial charge in [0.25, 0.3) is 0 Å². The summed E-state index contributed by atoms with van der Waals surface area (Å²) < 4.78 is 10.2. The Morgan fingerprint density at radius 1 is 1.44 bits per heavy atom. The molecule has 1 aliphatic rings. The molecule has 6 heteroatoms. The van der Waals surface area contributed by atoms with Crippen LogP contribution in [0.25, 0.3) is 0 Å². The van der Waals surface area contributed by atoms with Gasteiger partial charge in [-0.15, -0.1) is 0 Å². The topological polar surface area (TPSA) is 77.2 Å². The Balaban J connectivity index is 2.08. The number of ether oxygens (including phenoxy) is 1. The molecule has 1 N–H and O–H groups in total. The Bertz CT molecular complexity index is 444. The number of carbonyl (C=O) groups is 1. The van der Waals surface area contributed by atoms with E-state index < -0.39 is 17.2 Å². The van der Waals surface area contributed by atoms with E-state index in [4.69, 9.17) is 9.26 Å². The van der Waals surface area contributed by atoms with Crippen molar-refractivity contribution in [3.05, 3.63) is 11.7 Å². The molecular weight excluding hydrogens is 234 g/mol. The number of alkyl carbamates (subject to hydrolysis) is 1. The highest BCUT2D eigenvalue weighted by molar-refractivity contribution is 5.69. The summed E-state index contributed by atoms with van der Waals surface area (Å²) in [7, 11) is 0. The molecule has 1 heterocycles. The summed E-state index contributed by atoms with van der Waals surface area (Å²) in [4.78, 5) is 16.0. The van der Waals surface area contributed by atoms with Gasteiger partial charge in [0, 0.05) is 6.92 Å². The van der Waals surface area contributed by atoms with Gasteiger partial charge in [-0.25, -0.2) is 4.79 Å². The second-order valence-electron chi connectivity index (χ2n) is 5.70. The molecule has 100 valence electrons. The molecule has 6 nitrogen and oxygen atoms in total. The molecule has 18 heavy (non-hydrogen) atoms. The molecule has 0 bridgehead atoms. The molecule has 1 aromatic rings. The second kappa shape index (κ2) is 4.26. The highest BCUT2D eigenvalue weighted by Gasteiger charge is 2.45. The molecule has 1 amide bonds. The number of rotatable bonds is 2. The fourth-order valence-corrected chi connectivity index (χ4v) is 1.93. The lowest BCUT2D eigenvalue weighted by atomic mass is 9.76. The van der Waals surface area contributed by atoms with E-state index in [0.717, 1.165) is 19.3 Å². The van der Waals surface area contributed by atoms with Crippen LogP contribution >= 0.6 is 0 Å². The van der Waals surface area contributed by atoms with Crippen molar-refractivity contribution in [3.8, 4) is 0 Å². The lowest BCUT2D eigenvalue weighted by molar-refractivity contribution is 0.0362. The molecular formula is C12H19N3O3. The van der Waals surface area contributed by atoms with Crippen molar-refractivity contribution in [3.63, 3.8) is 0 Å². The zero-order valence-electron chi connectivity index (χ0n) is 11.2. The van der Waals surface area contributed by atoms with E-state index in [-0.39, 0.29) is 0 Å². The van der Waals surface area contributed by atoms with Crippen molar-refractivity contribution in [2.75, 3.05) is 0 Å². The van der Waals surface area contributed by atoms with Crippen molar-refractivity contribution in [2.45, 2.75) is 58.1 Å². The first kappa shape index (κ1) is 12.9. The molecule has 0 atom stereocenters. The number of carbonyl (C=O) groups excluding carboxylic acids is 1. The molecule has 0 saturated heterocycles. The number of amides is 1. The van der Waals surface area contributed by atoms with Crippen LogP contribution in [0.3, 0.4) is 0 Å². The highest BCUT2D eigenvalue weighted by atomic mass is 16.6. The number of hydrogen-bond acceptors (Lipinski definition) is 5. The van der Waals surface area contributed by atoms with E-state index in [9.17, 15) is 4.79 Å². The Labute approximate surface area is 106 Å². The predicted octanol–water partition coefficient (Wildman–Crippen LogP) is 2.28. The van der Waals surface area contributed by atoms with Crippen LogP contribution in [0.1, 0.15) is 51.7 Å². The number of nitrogens with zero attached hydrogens (tertiary/aromatic N) is 2. The van der Waals surface area contributed by atoms with Crippen LogP contribution in [0.2, 0.25) is 0 Å². The molecule has 0 unspecified atom stereocenters. The van der Waals surface area contributed by atoms with E-state index in [1.807, 2.05) is 20.8 Å². The summed E-state index contributed by atoms with van der Waals surface area (Å²) in [6.07, 6.45) is 2.21. The van der Waals surface area contributed by atoms with E-state index in [1.54, 1.807) is 6.92 Å². The van der Waals surface area contributed by atoms with Crippen molar-refractivity contribution in [1.29, 1.82) is 0 Å². The number of nitrogens with one attached hydrogen (secondary N) is 1. The first-order valence-corrected chi connectivity index (χ1v) is 6.13. The molecule has 1 aliphatic carbocycles. The first-order chi connectivity index (χ1) is 8.31. The Hall–Kier alpha value is -1.59. The van der Waals surface area contributed by atoms with Gasteiger partial charge in [-0.2, -0.15) is 4.98 Å². The Morgan fingerprint density at radius 2 is 2.11 bits per heavy atom. The molecule has 0 aromatic carbocycles. The largest absolute Gasteiger partial charge is 0.444 e. The Morgan fingerprint density at radius 3 is 2.50 bits per heavy atom. The Kier molecular flexibility index (Phi) is 3.04. The fraction of sp³-hybridized carbons (Fsp3) is 0.750. The minimum absolute atomic E-state index is 0.440. The maximum atomic E-state index is 11.8. The summed E-state index contributed by atoms with van der Waals surface area (Å²) in [5.74, 6) is 1.04. The monoisotopic (exact) mass is 253 g/mol. The van der Waals surface area contributed by atoms with Crippen LogP contribution in [0, 0.1) is 6.92 Å². The van der Waals surface area contributed by atoms with Crippen LogP contribution < -0.4 is 5.32 Å². The predicted molar refractivity (Wildman–Crippen MR) is 63.9 cm³/mol. The summed E-state index contributed by atoms with van der Waals surface area (Å²) in [6.45, 7) is 7.23. The second-order valence-corrected chi connectivity index (χ2v) is 5.70. The summed E-state index contributed by atoms with van der Waals surface area (Å²) in [5, 5.41) is 6.77. The first-order valence-electron chi connectivity index (χ1n) is 6.13. The summed E-state index contributed by atoms with van der Waals surface area (Å²) >= 11 is 0. The zero-order chi connectivity index (χ0) is 13.4. The lowest BCUT2D eigenvalue weighted by Gasteiger charge is -2.39. The van der Waals surface area contributed by atoms with Gasteiger partial charge in [0.1, 0.15) is 11.1 Å². The van der Waals surface area contributed by atoms with E-state index in [0.29, 0.717) is 11.7 Å². The third kappa shape index (κ3) is 2.63. The van der Waals surface area contributed by atoms with E-state index >= 15 is 0 Å². The summed E-state index contributed by atoms with van der Waals surface area (Å²) in [5.41, 5.74) is -1.03. The third-order valence-electron chi connectivity index (χ3n) is 2.90. The zero-order valence-corrected chi connectivity index (χ0v) is 11.2. The average Bonchev–Trinajstić information content (AvgIpc) is 2.55. The molecule has 0 spiro atoms. The van der Waals surface area contributed by atoms with Crippen LogP contribution in [0.15, 0.2) is 4.52 Å². The number of aromatic nitrogens is 2. The quantitative estimate of drug-likeness (QED) is 0.874. The van der Waals surface area contributed by atoms with Crippen LogP contribution in [0.4, 0.5) is 4.79 Å². The molecule has 2 rings (SSSR count). The van der Waals surface area contributed by atoms with Gasteiger partial charge in [-0.1, -0.05) is 5.16 Å². The third-order valence-corrected chi connectivity index (χ3v) is 2.90. The van der Waals surface area contributed by atoms with Crippen LogP contribution in [-0.4, -0.2) is 21.8 Å². The average molecular weight is 253 g/mol. The minimum Gasteiger partial charge on any atom is -0.444 e. The van der Waals surface area contributed by atoms with Gasteiger partial charge in [-0.3, -0.25) is 0 Å². The standard InChI is InChI=1S/C12H19N3O3/c1-8-13-9(15-18-8)12(6-5-7-12)14-10(16)17-11(2,3)4/h5-7H2,1-4H3,(H,14,16). The van der Waals surface area contributed by atoms with Gasteiger partial charge >= 0.3 is 6.09 Å². The van der Waals surface area contributed by atoms with Crippen molar-refractivity contribution in [1.82, 2.24) is 15.5 Å². The maximum Gasteiger partial charge on any atom is 0.408 e. The molecule has 1 saturated carbocycles. The van der Waals surface area contributed by atoms with E-state index in [1.165, 1.54) is 0 Å². The van der Waals surface area contributed by atoms with Crippen molar-refractivity contribution >= 4 is 6.09 Å². The van der Waals surface area contributed by atoms with Gasteiger partial charge in [-0.05, 0) is 40.0 Å². The molecule has 1 fully saturated rings. The highest BCUT2D eigenvalue weighted by Crippen LogP contribution is 2.39. The van der Waals surface area contributed by atoms with E-state index in [2.05, 4.69) is 15.5 Å².